The van der Waals surface area contributed by atoms with Crippen LogP contribution in [-0.2, 0) is 0 Å². The fraction of sp³-hybridized carbons (Fsp3) is 1.00. The highest BCUT2D eigenvalue weighted by molar-refractivity contribution is 4.82. The Bertz CT molecular complexity index is 55.1. The maximum atomic E-state index is 5.55. The Morgan fingerprint density at radius 1 is 1.00 bits per heavy atom. The summed E-state index contributed by atoms with van der Waals surface area (Å²) in [7, 11) is 0. The summed E-state index contributed by atoms with van der Waals surface area (Å²) in [5.74, 6) is 0. The van der Waals surface area contributed by atoms with Gasteiger partial charge < -0.3 is 11.5 Å². The van der Waals surface area contributed by atoms with Crippen LogP contribution >= 0.6 is 0 Å². The van der Waals surface area contributed by atoms with Crippen LogP contribution in [0.2, 0.25) is 0 Å². The van der Waals surface area contributed by atoms with Crippen molar-refractivity contribution in [2.24, 2.45) is 11.5 Å². The number of hydrogen-bond acceptors (Lipinski definition) is 2. The molecule has 0 amide bonds. The average molecular weight is 100 g/mol. The van der Waals surface area contributed by atoms with Crippen LogP contribution in [0.3, 0.4) is 0 Å². The molecule has 1 saturated carbocycles. The van der Waals surface area contributed by atoms with Gasteiger partial charge in [0, 0.05) is 12.1 Å². The van der Waals surface area contributed by atoms with E-state index in [1.165, 1.54) is 6.42 Å². The molecule has 42 valence electrons. The molecule has 2 nitrogen and oxygen atoms in total. The minimum absolute atomic E-state index is 0.292. The zero-order valence-corrected chi connectivity index (χ0v) is 4.43. The zero-order chi connectivity index (χ0) is 5.28. The molecule has 0 spiro atoms. The quantitative estimate of drug-likeness (QED) is 0.444. The summed E-state index contributed by atoms with van der Waals surface area (Å²) in [6.45, 7) is 0. The Hall–Kier alpha value is -0.0800. The van der Waals surface area contributed by atoms with Crippen LogP contribution in [0.1, 0.15) is 19.3 Å². The van der Waals surface area contributed by atoms with Gasteiger partial charge in [0.15, 0.2) is 0 Å². The molecule has 0 aromatic rings. The van der Waals surface area contributed by atoms with Crippen LogP contribution < -0.4 is 11.5 Å². The minimum atomic E-state index is 0.292. The van der Waals surface area contributed by atoms with E-state index in [9.17, 15) is 0 Å². The van der Waals surface area contributed by atoms with Crippen LogP contribution in [0.4, 0.5) is 0 Å². The van der Waals surface area contributed by atoms with Crippen LogP contribution in [0.5, 0.6) is 0 Å². The molecule has 2 atom stereocenters. The predicted octanol–water partition coefficient (Wildman–Crippen LogP) is -0.175. The molecular formula is C5H12N2. The van der Waals surface area contributed by atoms with Gasteiger partial charge in [0.25, 0.3) is 0 Å². The fourth-order valence-corrected chi connectivity index (χ4v) is 1.02. The first kappa shape index (κ1) is 5.06. The maximum absolute atomic E-state index is 5.55. The molecule has 1 rings (SSSR count). The van der Waals surface area contributed by atoms with Crippen molar-refractivity contribution in [1.29, 1.82) is 0 Å². The molecule has 0 radical (unpaired) electrons. The average Bonchev–Trinajstić information content (AvgIpc) is 1.91. The SMILES string of the molecule is N[C@H]1CCC[C@@H]1N. The Kier molecular flexibility index (Phi) is 1.30. The molecule has 0 bridgehead atoms. The second-order valence-corrected chi connectivity index (χ2v) is 2.26. The standard InChI is InChI=1S/C5H12N2/c6-4-2-1-3-5(4)7/h4-5H,1-3,6-7H2/t4-,5-/m0/s1. The summed E-state index contributed by atoms with van der Waals surface area (Å²) in [5, 5.41) is 0. The lowest BCUT2D eigenvalue weighted by atomic mass is 10.2. The second kappa shape index (κ2) is 1.80. The lowest BCUT2D eigenvalue weighted by Gasteiger charge is -2.05. The Balaban J connectivity index is 2.33. The monoisotopic (exact) mass is 100 g/mol. The van der Waals surface area contributed by atoms with E-state index in [1.54, 1.807) is 0 Å². The van der Waals surface area contributed by atoms with Crippen molar-refractivity contribution in [3.63, 3.8) is 0 Å². The van der Waals surface area contributed by atoms with Gasteiger partial charge in [-0.2, -0.15) is 0 Å². The molecule has 1 fully saturated rings. The first-order valence-electron chi connectivity index (χ1n) is 2.82. The van der Waals surface area contributed by atoms with E-state index in [2.05, 4.69) is 0 Å². The van der Waals surface area contributed by atoms with Gasteiger partial charge in [0.1, 0.15) is 0 Å². The largest absolute Gasteiger partial charge is 0.326 e. The van der Waals surface area contributed by atoms with Crippen molar-refractivity contribution in [3.8, 4) is 0 Å². The lowest BCUT2D eigenvalue weighted by molar-refractivity contribution is 0.603. The molecule has 0 aliphatic heterocycles. The summed E-state index contributed by atoms with van der Waals surface area (Å²) in [6.07, 6.45) is 3.48. The first-order valence-corrected chi connectivity index (χ1v) is 2.82. The van der Waals surface area contributed by atoms with Crippen molar-refractivity contribution in [2.75, 3.05) is 0 Å². The second-order valence-electron chi connectivity index (χ2n) is 2.26. The normalized spacial score (nSPS) is 42.0. The zero-order valence-electron chi connectivity index (χ0n) is 4.43. The lowest BCUT2D eigenvalue weighted by Crippen LogP contribution is -2.35. The van der Waals surface area contributed by atoms with Crippen LogP contribution in [-0.4, -0.2) is 12.1 Å². The number of rotatable bonds is 0. The highest BCUT2D eigenvalue weighted by Crippen LogP contribution is 2.13. The van der Waals surface area contributed by atoms with E-state index in [0.717, 1.165) is 12.8 Å². The predicted molar refractivity (Wildman–Crippen MR) is 29.8 cm³/mol. The fourth-order valence-electron chi connectivity index (χ4n) is 1.02. The molecule has 2 heteroatoms. The molecule has 0 saturated heterocycles. The summed E-state index contributed by atoms with van der Waals surface area (Å²) in [5.41, 5.74) is 11.1. The van der Waals surface area contributed by atoms with E-state index in [1.807, 2.05) is 0 Å². The van der Waals surface area contributed by atoms with Crippen molar-refractivity contribution in [3.05, 3.63) is 0 Å². The number of hydrogen-bond donors (Lipinski definition) is 2. The Morgan fingerprint density at radius 2 is 1.43 bits per heavy atom. The van der Waals surface area contributed by atoms with Gasteiger partial charge in [-0.15, -0.1) is 0 Å². The first-order chi connectivity index (χ1) is 3.30. The molecule has 0 aromatic carbocycles. The van der Waals surface area contributed by atoms with Crippen molar-refractivity contribution in [2.45, 2.75) is 31.3 Å². The van der Waals surface area contributed by atoms with Crippen molar-refractivity contribution in [1.82, 2.24) is 0 Å². The topological polar surface area (TPSA) is 52.0 Å². The summed E-state index contributed by atoms with van der Waals surface area (Å²) < 4.78 is 0. The van der Waals surface area contributed by atoms with Gasteiger partial charge in [-0.3, -0.25) is 0 Å². The summed E-state index contributed by atoms with van der Waals surface area (Å²) >= 11 is 0. The Labute approximate surface area is 43.9 Å². The third-order valence-corrected chi connectivity index (χ3v) is 1.62. The summed E-state index contributed by atoms with van der Waals surface area (Å²) in [6, 6.07) is 0.583. The van der Waals surface area contributed by atoms with Crippen LogP contribution in [0, 0.1) is 0 Å². The molecular weight excluding hydrogens is 88.1 g/mol. The number of nitrogens with two attached hydrogens (primary N) is 2. The third kappa shape index (κ3) is 0.924. The third-order valence-electron chi connectivity index (χ3n) is 1.62. The molecule has 0 aromatic heterocycles. The van der Waals surface area contributed by atoms with Gasteiger partial charge >= 0.3 is 0 Å². The highest BCUT2D eigenvalue weighted by Gasteiger charge is 2.18. The van der Waals surface area contributed by atoms with Gasteiger partial charge in [-0.25, -0.2) is 0 Å². The summed E-state index contributed by atoms with van der Waals surface area (Å²) in [4.78, 5) is 0. The Morgan fingerprint density at radius 3 is 1.57 bits per heavy atom. The van der Waals surface area contributed by atoms with E-state index < -0.39 is 0 Å². The molecule has 0 heterocycles. The van der Waals surface area contributed by atoms with E-state index in [0.29, 0.717) is 12.1 Å². The van der Waals surface area contributed by atoms with Crippen LogP contribution in [0.25, 0.3) is 0 Å². The van der Waals surface area contributed by atoms with Gasteiger partial charge in [-0.05, 0) is 12.8 Å². The van der Waals surface area contributed by atoms with E-state index in [-0.39, 0.29) is 0 Å². The molecule has 7 heavy (non-hydrogen) atoms. The van der Waals surface area contributed by atoms with Crippen LogP contribution in [0.15, 0.2) is 0 Å². The maximum Gasteiger partial charge on any atom is 0.0192 e. The van der Waals surface area contributed by atoms with Crippen molar-refractivity contribution < 1.29 is 0 Å². The van der Waals surface area contributed by atoms with Gasteiger partial charge in [-0.1, -0.05) is 6.42 Å². The van der Waals surface area contributed by atoms with E-state index >= 15 is 0 Å². The molecule has 1 aliphatic carbocycles. The molecule has 0 unspecified atom stereocenters. The van der Waals surface area contributed by atoms with Gasteiger partial charge in [0.05, 0.1) is 0 Å². The molecule has 1 aliphatic rings. The molecule has 4 N–H and O–H groups in total. The smallest absolute Gasteiger partial charge is 0.0192 e. The van der Waals surface area contributed by atoms with Crippen molar-refractivity contribution >= 4 is 0 Å². The highest BCUT2D eigenvalue weighted by atomic mass is 14.8. The van der Waals surface area contributed by atoms with E-state index in [4.69, 9.17) is 11.5 Å². The minimum Gasteiger partial charge on any atom is -0.326 e. The van der Waals surface area contributed by atoms with Gasteiger partial charge in [0.2, 0.25) is 0 Å².